The molecule has 0 saturated heterocycles. The van der Waals surface area contributed by atoms with Crippen molar-refractivity contribution >= 4 is 0 Å². The van der Waals surface area contributed by atoms with E-state index in [9.17, 15) is 0 Å². The van der Waals surface area contributed by atoms with Gasteiger partial charge in [0, 0.05) is 30.1 Å². The summed E-state index contributed by atoms with van der Waals surface area (Å²) in [6.45, 7) is 0.875. The van der Waals surface area contributed by atoms with E-state index >= 15 is 0 Å². The third-order valence-corrected chi connectivity index (χ3v) is 4.56. The summed E-state index contributed by atoms with van der Waals surface area (Å²) in [5, 5.41) is 0. The van der Waals surface area contributed by atoms with Crippen molar-refractivity contribution in [1.82, 2.24) is 4.98 Å². The van der Waals surface area contributed by atoms with E-state index in [1.54, 1.807) is 0 Å². The Morgan fingerprint density at radius 1 is 0.654 bits per heavy atom. The molecule has 2 heterocycles. The molecule has 0 bridgehead atoms. The minimum atomic E-state index is 0.875. The number of pyridine rings is 2. The number of aromatic nitrogens is 2. The molecule has 0 N–H and O–H groups in total. The largest absolute Gasteiger partial charge is 0.265 e. The fourth-order valence-corrected chi connectivity index (χ4v) is 3.19. The van der Waals surface area contributed by atoms with E-state index in [-0.39, 0.29) is 0 Å². The first kappa shape index (κ1) is 16.2. The predicted octanol–water partition coefficient (Wildman–Crippen LogP) is 4.68. The maximum absolute atomic E-state index is 4.13. The lowest BCUT2D eigenvalue weighted by Gasteiger charge is -2.08. The average Bonchev–Trinajstić information content (AvgIpc) is 2.71. The molecule has 2 aromatic carbocycles. The molecule has 126 valence electrons. The van der Waals surface area contributed by atoms with E-state index in [1.807, 2.05) is 12.4 Å². The third-order valence-electron chi connectivity index (χ3n) is 4.56. The molecule has 26 heavy (non-hydrogen) atoms. The van der Waals surface area contributed by atoms with Crippen molar-refractivity contribution < 1.29 is 4.57 Å². The van der Waals surface area contributed by atoms with Crippen LogP contribution >= 0.6 is 0 Å². The van der Waals surface area contributed by atoms with Crippen LogP contribution in [0.1, 0.15) is 16.8 Å². The second-order valence-corrected chi connectivity index (χ2v) is 6.42. The minimum Gasteiger partial charge on any atom is -0.265 e. The Hall–Kier alpha value is -3.26. The van der Waals surface area contributed by atoms with Crippen LogP contribution in [0.15, 0.2) is 104 Å². The van der Waals surface area contributed by atoms with E-state index < -0.39 is 0 Å². The molecule has 0 aliphatic heterocycles. The van der Waals surface area contributed by atoms with Crippen LogP contribution in [0, 0.1) is 0 Å². The van der Waals surface area contributed by atoms with Crippen molar-refractivity contribution in [2.24, 2.45) is 0 Å². The predicted molar refractivity (Wildman–Crippen MR) is 105 cm³/mol. The van der Waals surface area contributed by atoms with Crippen LogP contribution in [0.3, 0.4) is 0 Å². The monoisotopic (exact) mass is 337 g/mol. The van der Waals surface area contributed by atoms with Crippen molar-refractivity contribution in [3.8, 4) is 11.1 Å². The molecule has 4 aromatic rings. The van der Waals surface area contributed by atoms with Gasteiger partial charge >= 0.3 is 0 Å². The van der Waals surface area contributed by atoms with Gasteiger partial charge in [-0.2, -0.15) is 4.57 Å². The molecule has 0 aliphatic carbocycles. The van der Waals surface area contributed by atoms with Gasteiger partial charge in [-0.05, 0) is 28.8 Å². The summed E-state index contributed by atoms with van der Waals surface area (Å²) in [6, 6.07) is 29.8. The third kappa shape index (κ3) is 3.86. The van der Waals surface area contributed by atoms with Gasteiger partial charge in [0.2, 0.25) is 0 Å². The molecule has 0 unspecified atom stereocenters. The molecule has 2 nitrogen and oxygen atoms in total. The number of hydrogen-bond donors (Lipinski definition) is 0. The highest BCUT2D eigenvalue weighted by Crippen LogP contribution is 2.19. The highest BCUT2D eigenvalue weighted by molar-refractivity contribution is 5.62. The van der Waals surface area contributed by atoms with Crippen molar-refractivity contribution in [3.63, 3.8) is 0 Å². The number of benzene rings is 2. The highest BCUT2D eigenvalue weighted by atomic mass is 15.0. The quantitative estimate of drug-likeness (QED) is 0.483. The summed E-state index contributed by atoms with van der Waals surface area (Å²) in [6.07, 6.45) is 6.79. The first-order chi connectivity index (χ1) is 12.9. The van der Waals surface area contributed by atoms with Gasteiger partial charge in [0.25, 0.3) is 0 Å². The van der Waals surface area contributed by atoms with Crippen LogP contribution in [-0.2, 0) is 13.0 Å². The van der Waals surface area contributed by atoms with Gasteiger partial charge in [-0.15, -0.1) is 0 Å². The standard InChI is InChI=1S/C24H21N2/c1-3-7-20(8-4-1)17-24-18-23(22-11-14-25-15-12-22)13-16-26(24)19-21-9-5-2-6-10-21/h1-16,18H,17,19H2/q+1. The van der Waals surface area contributed by atoms with Gasteiger partial charge < -0.3 is 0 Å². The van der Waals surface area contributed by atoms with Crippen molar-refractivity contribution in [2.75, 3.05) is 0 Å². The van der Waals surface area contributed by atoms with Crippen LogP contribution in [0.2, 0.25) is 0 Å². The van der Waals surface area contributed by atoms with Crippen LogP contribution in [0.5, 0.6) is 0 Å². The summed E-state index contributed by atoms with van der Waals surface area (Å²) < 4.78 is 2.34. The van der Waals surface area contributed by atoms with Gasteiger partial charge in [-0.1, -0.05) is 60.7 Å². The van der Waals surface area contributed by atoms with Crippen molar-refractivity contribution in [1.29, 1.82) is 0 Å². The molecule has 0 fully saturated rings. The van der Waals surface area contributed by atoms with Crippen LogP contribution < -0.4 is 4.57 Å². The summed E-state index contributed by atoms with van der Waals surface area (Å²) in [7, 11) is 0. The van der Waals surface area contributed by atoms with Crippen LogP contribution in [-0.4, -0.2) is 4.98 Å². The van der Waals surface area contributed by atoms with E-state index in [4.69, 9.17) is 0 Å². The fraction of sp³-hybridized carbons (Fsp3) is 0.0833. The smallest absolute Gasteiger partial charge is 0.186 e. The van der Waals surface area contributed by atoms with Gasteiger partial charge in [-0.3, -0.25) is 4.98 Å². The molecule has 0 radical (unpaired) electrons. The molecular weight excluding hydrogens is 316 g/mol. The van der Waals surface area contributed by atoms with Gasteiger partial charge in [0.15, 0.2) is 18.4 Å². The first-order valence-corrected chi connectivity index (χ1v) is 8.89. The SMILES string of the molecule is c1ccc(Cc2cc(-c3ccncc3)cc[n+]2Cc2ccccc2)cc1. The lowest BCUT2D eigenvalue weighted by molar-refractivity contribution is -0.695. The normalized spacial score (nSPS) is 10.6. The zero-order chi connectivity index (χ0) is 17.6. The molecule has 0 saturated carbocycles. The zero-order valence-corrected chi connectivity index (χ0v) is 14.6. The minimum absolute atomic E-state index is 0.875. The number of nitrogens with zero attached hydrogens (tertiary/aromatic N) is 2. The maximum Gasteiger partial charge on any atom is 0.186 e. The highest BCUT2D eigenvalue weighted by Gasteiger charge is 2.14. The lowest BCUT2D eigenvalue weighted by atomic mass is 10.0. The Bertz CT molecular complexity index is 965. The molecular formula is C24H21N2+. The molecule has 0 aliphatic rings. The molecule has 0 spiro atoms. The van der Waals surface area contributed by atoms with Crippen molar-refractivity contribution in [3.05, 3.63) is 120 Å². The maximum atomic E-state index is 4.13. The topological polar surface area (TPSA) is 16.8 Å². The summed E-state index contributed by atoms with van der Waals surface area (Å²) in [4.78, 5) is 4.13. The molecule has 0 atom stereocenters. The molecule has 4 rings (SSSR count). The summed E-state index contributed by atoms with van der Waals surface area (Å²) in [5.74, 6) is 0. The van der Waals surface area contributed by atoms with Gasteiger partial charge in [-0.25, -0.2) is 0 Å². The van der Waals surface area contributed by atoms with Crippen LogP contribution in [0.25, 0.3) is 11.1 Å². The number of rotatable bonds is 5. The molecule has 2 aromatic heterocycles. The lowest BCUT2D eigenvalue weighted by Crippen LogP contribution is -2.38. The Morgan fingerprint density at radius 3 is 2.00 bits per heavy atom. The summed E-state index contributed by atoms with van der Waals surface area (Å²) >= 11 is 0. The Morgan fingerprint density at radius 2 is 1.31 bits per heavy atom. The fourth-order valence-electron chi connectivity index (χ4n) is 3.19. The Balaban J connectivity index is 1.72. The zero-order valence-electron chi connectivity index (χ0n) is 14.6. The van der Waals surface area contributed by atoms with E-state index in [1.165, 1.54) is 27.9 Å². The second-order valence-electron chi connectivity index (χ2n) is 6.42. The molecule has 2 heteroatoms. The van der Waals surface area contributed by atoms with Gasteiger partial charge in [0.05, 0.1) is 6.42 Å². The van der Waals surface area contributed by atoms with Crippen LogP contribution in [0.4, 0.5) is 0 Å². The van der Waals surface area contributed by atoms with E-state index in [2.05, 4.69) is 101 Å². The Kier molecular flexibility index (Phi) is 4.83. The number of hydrogen-bond acceptors (Lipinski definition) is 1. The molecule has 0 amide bonds. The first-order valence-electron chi connectivity index (χ1n) is 8.89. The summed E-state index contributed by atoms with van der Waals surface area (Å²) in [5.41, 5.74) is 6.35. The van der Waals surface area contributed by atoms with E-state index in [0.29, 0.717) is 0 Å². The Labute approximate surface area is 154 Å². The van der Waals surface area contributed by atoms with E-state index in [0.717, 1.165) is 13.0 Å². The van der Waals surface area contributed by atoms with Crippen molar-refractivity contribution in [2.45, 2.75) is 13.0 Å². The van der Waals surface area contributed by atoms with Gasteiger partial charge in [0.1, 0.15) is 0 Å². The average molecular weight is 337 g/mol. The second kappa shape index (κ2) is 7.75.